The second-order valence-corrected chi connectivity index (χ2v) is 4.21. The second-order valence-electron chi connectivity index (χ2n) is 3.78. The highest BCUT2D eigenvalue weighted by Gasteiger charge is 2.09. The first-order valence-electron chi connectivity index (χ1n) is 5.20. The van der Waals surface area contributed by atoms with E-state index in [0.717, 1.165) is 16.3 Å². The maximum Gasteiger partial charge on any atom is 0.0953 e. The summed E-state index contributed by atoms with van der Waals surface area (Å²) in [5.41, 5.74) is 7.83. The Morgan fingerprint density at radius 2 is 2.06 bits per heavy atom. The van der Waals surface area contributed by atoms with Crippen molar-refractivity contribution in [2.24, 2.45) is 5.73 Å². The average molecular weight is 236 g/mol. The molecule has 0 spiro atoms. The maximum atomic E-state index is 5.86. The van der Waals surface area contributed by atoms with E-state index in [1.54, 1.807) is 0 Å². The molecule has 2 rings (SSSR count). The molecule has 16 heavy (non-hydrogen) atoms. The minimum atomic E-state index is 0.244. The third-order valence-corrected chi connectivity index (χ3v) is 2.87. The molecule has 1 aromatic carbocycles. The fourth-order valence-electron chi connectivity index (χ4n) is 1.61. The normalized spacial score (nSPS) is 12.7. The van der Waals surface area contributed by atoms with Crippen molar-refractivity contribution in [3.8, 4) is 11.3 Å². The van der Waals surface area contributed by atoms with E-state index in [4.69, 9.17) is 17.3 Å². The summed E-state index contributed by atoms with van der Waals surface area (Å²) >= 11 is 5.86. The van der Waals surface area contributed by atoms with Gasteiger partial charge in [0.25, 0.3) is 0 Å². The minimum absolute atomic E-state index is 0.244. The lowest BCUT2D eigenvalue weighted by Crippen LogP contribution is -2.15. The zero-order valence-electron chi connectivity index (χ0n) is 9.10. The van der Waals surface area contributed by atoms with Crippen molar-refractivity contribution in [3.63, 3.8) is 0 Å². The van der Waals surface area contributed by atoms with Gasteiger partial charge in [-0.15, -0.1) is 0 Å². The quantitative estimate of drug-likeness (QED) is 0.889. The number of benzene rings is 1. The zero-order valence-corrected chi connectivity index (χ0v) is 9.85. The molecule has 2 aromatic rings. The molecule has 3 nitrogen and oxygen atoms in total. The van der Waals surface area contributed by atoms with Crippen LogP contribution in [0.1, 0.15) is 13.0 Å². The van der Waals surface area contributed by atoms with Gasteiger partial charge < -0.3 is 10.3 Å². The van der Waals surface area contributed by atoms with E-state index in [2.05, 4.69) is 16.5 Å². The summed E-state index contributed by atoms with van der Waals surface area (Å²) in [4.78, 5) is 4.16. The Balaban J connectivity index is 2.40. The summed E-state index contributed by atoms with van der Waals surface area (Å²) in [6, 6.07) is 7.97. The molecule has 0 saturated carbocycles. The van der Waals surface area contributed by atoms with Gasteiger partial charge in [0.15, 0.2) is 0 Å². The van der Waals surface area contributed by atoms with Crippen molar-refractivity contribution < 1.29 is 0 Å². The van der Waals surface area contributed by atoms with Crippen LogP contribution in [-0.2, 0) is 0 Å². The van der Waals surface area contributed by atoms with Gasteiger partial charge in [0.2, 0.25) is 0 Å². The molecule has 1 unspecified atom stereocenters. The van der Waals surface area contributed by atoms with Crippen LogP contribution in [0, 0.1) is 0 Å². The Kier molecular flexibility index (Phi) is 3.27. The molecule has 84 valence electrons. The smallest absolute Gasteiger partial charge is 0.0953 e. The molecule has 1 heterocycles. The van der Waals surface area contributed by atoms with Crippen LogP contribution in [0.3, 0.4) is 0 Å². The Hall–Kier alpha value is -1.32. The standard InChI is InChI=1S/C12H14ClN3/c1-9(6-14)16-8-15-7-12(16)10-2-4-11(13)5-3-10/h2-5,7-9H,6,14H2,1H3. The van der Waals surface area contributed by atoms with Crippen molar-refractivity contribution in [1.82, 2.24) is 9.55 Å². The summed E-state index contributed by atoms with van der Waals surface area (Å²) in [6.07, 6.45) is 3.65. The third kappa shape index (κ3) is 2.10. The number of aromatic nitrogens is 2. The summed E-state index contributed by atoms with van der Waals surface area (Å²) in [5, 5.41) is 0.738. The number of hydrogen-bond acceptors (Lipinski definition) is 2. The van der Waals surface area contributed by atoms with E-state index >= 15 is 0 Å². The average Bonchev–Trinajstić information content (AvgIpc) is 2.78. The molecule has 2 N–H and O–H groups in total. The van der Waals surface area contributed by atoms with E-state index in [1.165, 1.54) is 0 Å². The molecule has 0 bridgehead atoms. The first-order chi connectivity index (χ1) is 7.72. The zero-order chi connectivity index (χ0) is 11.5. The van der Waals surface area contributed by atoms with E-state index in [0.29, 0.717) is 6.54 Å². The van der Waals surface area contributed by atoms with Crippen LogP contribution in [-0.4, -0.2) is 16.1 Å². The molecule has 0 fully saturated rings. The summed E-state index contributed by atoms with van der Waals surface area (Å²) < 4.78 is 2.07. The number of hydrogen-bond donors (Lipinski definition) is 1. The third-order valence-electron chi connectivity index (χ3n) is 2.62. The van der Waals surface area contributed by atoms with Crippen molar-refractivity contribution in [1.29, 1.82) is 0 Å². The van der Waals surface area contributed by atoms with Gasteiger partial charge in [-0.25, -0.2) is 4.98 Å². The Morgan fingerprint density at radius 1 is 1.38 bits per heavy atom. The van der Waals surface area contributed by atoms with Gasteiger partial charge in [0, 0.05) is 17.6 Å². The molecule has 1 atom stereocenters. The molecule has 0 amide bonds. The minimum Gasteiger partial charge on any atom is -0.328 e. The van der Waals surface area contributed by atoms with E-state index < -0.39 is 0 Å². The van der Waals surface area contributed by atoms with Gasteiger partial charge >= 0.3 is 0 Å². The molecular weight excluding hydrogens is 222 g/mol. The number of nitrogens with two attached hydrogens (primary N) is 1. The molecule has 0 aliphatic carbocycles. The highest BCUT2D eigenvalue weighted by molar-refractivity contribution is 6.30. The lowest BCUT2D eigenvalue weighted by molar-refractivity contribution is 0.563. The largest absolute Gasteiger partial charge is 0.328 e. The number of nitrogens with zero attached hydrogens (tertiary/aromatic N) is 2. The molecular formula is C12H14ClN3. The second kappa shape index (κ2) is 4.68. The Bertz CT molecular complexity index is 461. The van der Waals surface area contributed by atoms with Crippen LogP contribution in [0.25, 0.3) is 11.3 Å². The number of halogens is 1. The van der Waals surface area contributed by atoms with Crippen LogP contribution < -0.4 is 5.73 Å². The number of rotatable bonds is 3. The van der Waals surface area contributed by atoms with Crippen LogP contribution in [0.15, 0.2) is 36.8 Å². The molecule has 1 aromatic heterocycles. The van der Waals surface area contributed by atoms with Gasteiger partial charge in [-0.1, -0.05) is 23.7 Å². The van der Waals surface area contributed by atoms with E-state index in [9.17, 15) is 0 Å². The Morgan fingerprint density at radius 3 is 2.69 bits per heavy atom. The van der Waals surface area contributed by atoms with Crippen LogP contribution in [0.2, 0.25) is 5.02 Å². The fourth-order valence-corrected chi connectivity index (χ4v) is 1.74. The van der Waals surface area contributed by atoms with Crippen molar-refractivity contribution in [3.05, 3.63) is 41.8 Å². The lowest BCUT2D eigenvalue weighted by atomic mass is 10.1. The molecule has 0 saturated heterocycles. The van der Waals surface area contributed by atoms with E-state index in [-0.39, 0.29) is 6.04 Å². The number of imidazole rings is 1. The topological polar surface area (TPSA) is 43.8 Å². The highest BCUT2D eigenvalue weighted by Crippen LogP contribution is 2.23. The molecule has 0 aliphatic rings. The predicted molar refractivity (Wildman–Crippen MR) is 66.4 cm³/mol. The Labute approximate surface area is 99.9 Å². The van der Waals surface area contributed by atoms with Gasteiger partial charge in [-0.3, -0.25) is 0 Å². The van der Waals surface area contributed by atoms with Crippen LogP contribution in [0.5, 0.6) is 0 Å². The summed E-state index contributed by atoms with van der Waals surface area (Å²) in [5.74, 6) is 0. The van der Waals surface area contributed by atoms with Crippen molar-refractivity contribution in [2.75, 3.05) is 6.54 Å². The van der Waals surface area contributed by atoms with Crippen molar-refractivity contribution >= 4 is 11.6 Å². The lowest BCUT2D eigenvalue weighted by Gasteiger charge is -2.14. The summed E-state index contributed by atoms with van der Waals surface area (Å²) in [7, 11) is 0. The van der Waals surface area contributed by atoms with Crippen LogP contribution in [0.4, 0.5) is 0 Å². The highest BCUT2D eigenvalue weighted by atomic mass is 35.5. The molecule has 4 heteroatoms. The van der Waals surface area contributed by atoms with Gasteiger partial charge in [-0.05, 0) is 24.6 Å². The van der Waals surface area contributed by atoms with E-state index in [1.807, 2.05) is 36.8 Å². The van der Waals surface area contributed by atoms with Crippen molar-refractivity contribution in [2.45, 2.75) is 13.0 Å². The van der Waals surface area contributed by atoms with Gasteiger partial charge in [-0.2, -0.15) is 0 Å². The molecule has 0 aliphatic heterocycles. The van der Waals surface area contributed by atoms with Crippen LogP contribution >= 0.6 is 11.6 Å². The fraction of sp³-hybridized carbons (Fsp3) is 0.250. The first kappa shape index (κ1) is 11.2. The monoisotopic (exact) mass is 235 g/mol. The first-order valence-corrected chi connectivity index (χ1v) is 5.58. The van der Waals surface area contributed by atoms with Gasteiger partial charge in [0.05, 0.1) is 18.2 Å². The van der Waals surface area contributed by atoms with Gasteiger partial charge in [0.1, 0.15) is 0 Å². The maximum absolute atomic E-state index is 5.86. The predicted octanol–water partition coefficient (Wildman–Crippen LogP) is 2.72. The summed E-state index contributed by atoms with van der Waals surface area (Å²) in [6.45, 7) is 2.66. The SMILES string of the molecule is CC(CN)n1cncc1-c1ccc(Cl)cc1. The molecule has 0 radical (unpaired) electrons.